The van der Waals surface area contributed by atoms with Gasteiger partial charge in [-0.1, -0.05) is 49.6 Å². The van der Waals surface area contributed by atoms with E-state index in [0.29, 0.717) is 17.9 Å². The SMILES string of the molecule is O=C(CCN1CCC(NC(=O)C(c2ccccc2)C2CCCCC2)CC1)c1cccnc1. The fourth-order valence-corrected chi connectivity index (χ4v) is 5.29. The number of aromatic nitrogens is 1. The highest BCUT2D eigenvalue weighted by atomic mass is 16.2. The third kappa shape index (κ3) is 6.04. The molecule has 2 heterocycles. The first-order valence-corrected chi connectivity index (χ1v) is 12.2. The molecule has 5 nitrogen and oxygen atoms in total. The zero-order valence-corrected chi connectivity index (χ0v) is 18.9. The Labute approximate surface area is 191 Å². The Hall–Kier alpha value is -2.53. The van der Waals surface area contributed by atoms with Crippen LogP contribution in [0.1, 0.15) is 73.2 Å². The smallest absolute Gasteiger partial charge is 0.228 e. The summed E-state index contributed by atoms with van der Waals surface area (Å²) in [5.41, 5.74) is 1.84. The van der Waals surface area contributed by atoms with E-state index in [1.807, 2.05) is 24.3 Å². The van der Waals surface area contributed by atoms with E-state index >= 15 is 0 Å². The van der Waals surface area contributed by atoms with Crippen LogP contribution in [0.25, 0.3) is 0 Å². The van der Waals surface area contributed by atoms with Gasteiger partial charge in [0.25, 0.3) is 0 Å². The maximum Gasteiger partial charge on any atom is 0.228 e. The molecular formula is C27H35N3O2. The molecule has 1 aliphatic heterocycles. The largest absolute Gasteiger partial charge is 0.353 e. The molecule has 1 unspecified atom stereocenters. The summed E-state index contributed by atoms with van der Waals surface area (Å²) in [5, 5.41) is 3.39. The van der Waals surface area contributed by atoms with Gasteiger partial charge in [-0.25, -0.2) is 0 Å². The van der Waals surface area contributed by atoms with Gasteiger partial charge in [-0.2, -0.15) is 0 Å². The summed E-state index contributed by atoms with van der Waals surface area (Å²) in [6.45, 7) is 2.61. The summed E-state index contributed by atoms with van der Waals surface area (Å²) in [6, 6.07) is 14.2. The van der Waals surface area contributed by atoms with Gasteiger partial charge in [0.05, 0.1) is 5.92 Å². The van der Waals surface area contributed by atoms with E-state index in [1.54, 1.807) is 18.5 Å². The van der Waals surface area contributed by atoms with E-state index in [9.17, 15) is 9.59 Å². The van der Waals surface area contributed by atoms with E-state index in [1.165, 1.54) is 19.3 Å². The second-order valence-electron chi connectivity index (χ2n) is 9.33. The Morgan fingerprint density at radius 1 is 0.969 bits per heavy atom. The van der Waals surface area contributed by atoms with Crippen LogP contribution in [-0.2, 0) is 4.79 Å². The van der Waals surface area contributed by atoms with E-state index in [0.717, 1.165) is 50.9 Å². The average Bonchev–Trinajstić information content (AvgIpc) is 2.85. The predicted octanol–water partition coefficient (Wildman–Crippen LogP) is 4.60. The van der Waals surface area contributed by atoms with Crippen molar-refractivity contribution in [2.24, 2.45) is 5.92 Å². The van der Waals surface area contributed by atoms with Crippen LogP contribution in [0.3, 0.4) is 0 Å². The molecule has 170 valence electrons. The molecule has 1 saturated carbocycles. The number of nitrogens with one attached hydrogen (secondary N) is 1. The Bertz CT molecular complexity index is 857. The highest BCUT2D eigenvalue weighted by molar-refractivity contribution is 5.95. The third-order valence-electron chi connectivity index (χ3n) is 7.13. The topological polar surface area (TPSA) is 62.3 Å². The van der Waals surface area contributed by atoms with Gasteiger partial charge < -0.3 is 10.2 Å². The van der Waals surface area contributed by atoms with Gasteiger partial charge in [0.15, 0.2) is 5.78 Å². The molecule has 1 atom stereocenters. The van der Waals surface area contributed by atoms with Crippen molar-refractivity contribution in [2.45, 2.75) is 63.3 Å². The second-order valence-corrected chi connectivity index (χ2v) is 9.33. The lowest BCUT2D eigenvalue weighted by atomic mass is 9.76. The first-order valence-electron chi connectivity index (χ1n) is 12.2. The molecule has 2 aromatic rings. The maximum atomic E-state index is 13.4. The first kappa shape index (κ1) is 22.7. The lowest BCUT2D eigenvalue weighted by molar-refractivity contribution is -0.125. The Kier molecular flexibility index (Phi) is 8.05. The van der Waals surface area contributed by atoms with Crippen molar-refractivity contribution in [3.63, 3.8) is 0 Å². The van der Waals surface area contributed by atoms with Crippen molar-refractivity contribution in [1.82, 2.24) is 15.2 Å². The number of amides is 1. The zero-order valence-electron chi connectivity index (χ0n) is 18.9. The molecule has 0 spiro atoms. The molecule has 5 heteroatoms. The summed E-state index contributed by atoms with van der Waals surface area (Å²) >= 11 is 0. The molecule has 2 fully saturated rings. The monoisotopic (exact) mass is 433 g/mol. The summed E-state index contributed by atoms with van der Waals surface area (Å²) in [6.07, 6.45) is 11.8. The highest BCUT2D eigenvalue weighted by Crippen LogP contribution is 2.36. The molecule has 1 aromatic heterocycles. The number of hydrogen-bond acceptors (Lipinski definition) is 4. The van der Waals surface area contributed by atoms with E-state index < -0.39 is 0 Å². The van der Waals surface area contributed by atoms with Gasteiger partial charge in [-0.3, -0.25) is 14.6 Å². The molecule has 1 aliphatic carbocycles. The number of carbonyl (C=O) groups excluding carboxylic acids is 2. The summed E-state index contributed by atoms with van der Waals surface area (Å²) < 4.78 is 0. The molecule has 1 aromatic carbocycles. The number of likely N-dealkylation sites (tertiary alicyclic amines) is 1. The molecule has 2 aliphatic rings. The normalized spacial score (nSPS) is 19.4. The Balaban J connectivity index is 1.27. The molecule has 1 N–H and O–H groups in total. The quantitative estimate of drug-likeness (QED) is 0.618. The van der Waals surface area contributed by atoms with E-state index in [-0.39, 0.29) is 23.7 Å². The molecular weight excluding hydrogens is 398 g/mol. The van der Waals surface area contributed by atoms with E-state index in [2.05, 4.69) is 27.3 Å². The molecule has 0 radical (unpaired) electrons. The van der Waals surface area contributed by atoms with Crippen molar-refractivity contribution in [3.8, 4) is 0 Å². The number of nitrogens with zero attached hydrogens (tertiary/aromatic N) is 2. The molecule has 32 heavy (non-hydrogen) atoms. The summed E-state index contributed by atoms with van der Waals surface area (Å²) in [7, 11) is 0. The number of hydrogen-bond donors (Lipinski definition) is 1. The number of ketones is 1. The van der Waals surface area contributed by atoms with Gasteiger partial charge >= 0.3 is 0 Å². The predicted molar refractivity (Wildman–Crippen MR) is 127 cm³/mol. The Morgan fingerprint density at radius 3 is 2.41 bits per heavy atom. The summed E-state index contributed by atoms with van der Waals surface area (Å²) in [4.78, 5) is 32.1. The summed E-state index contributed by atoms with van der Waals surface area (Å²) in [5.74, 6) is 0.761. The first-order chi connectivity index (χ1) is 15.7. The van der Waals surface area contributed by atoms with Gasteiger partial charge in [0, 0.05) is 50.1 Å². The van der Waals surface area contributed by atoms with Crippen molar-refractivity contribution >= 4 is 11.7 Å². The number of piperidine rings is 1. The van der Waals surface area contributed by atoms with Crippen LogP contribution in [0.5, 0.6) is 0 Å². The number of benzene rings is 1. The van der Waals surface area contributed by atoms with Crippen molar-refractivity contribution in [1.29, 1.82) is 0 Å². The number of carbonyl (C=O) groups is 2. The van der Waals surface area contributed by atoms with Crippen LogP contribution in [0.15, 0.2) is 54.9 Å². The van der Waals surface area contributed by atoms with Crippen LogP contribution in [0, 0.1) is 5.92 Å². The van der Waals surface area contributed by atoms with Crippen molar-refractivity contribution in [3.05, 3.63) is 66.0 Å². The van der Waals surface area contributed by atoms with Gasteiger partial charge in [0.1, 0.15) is 0 Å². The molecule has 0 bridgehead atoms. The van der Waals surface area contributed by atoms with Crippen molar-refractivity contribution < 1.29 is 9.59 Å². The third-order valence-corrected chi connectivity index (χ3v) is 7.13. The Morgan fingerprint density at radius 2 is 1.72 bits per heavy atom. The number of rotatable bonds is 8. The van der Waals surface area contributed by atoms with E-state index in [4.69, 9.17) is 0 Å². The fraction of sp³-hybridized carbons (Fsp3) is 0.519. The highest BCUT2D eigenvalue weighted by Gasteiger charge is 2.32. The number of pyridine rings is 1. The molecule has 4 rings (SSSR count). The van der Waals surface area contributed by atoms with Crippen LogP contribution in [0.2, 0.25) is 0 Å². The van der Waals surface area contributed by atoms with Gasteiger partial charge in [-0.15, -0.1) is 0 Å². The minimum atomic E-state index is -0.0355. The van der Waals surface area contributed by atoms with Crippen LogP contribution < -0.4 is 5.32 Å². The van der Waals surface area contributed by atoms with Gasteiger partial charge in [-0.05, 0) is 49.3 Å². The van der Waals surface area contributed by atoms with Crippen molar-refractivity contribution in [2.75, 3.05) is 19.6 Å². The minimum absolute atomic E-state index is 0.0355. The van der Waals surface area contributed by atoms with Crippen LogP contribution >= 0.6 is 0 Å². The second kappa shape index (κ2) is 11.4. The standard InChI is InChI=1S/C27H35N3O2/c31-25(23-12-7-16-28-20-23)15-19-30-17-13-24(14-18-30)29-27(32)26(21-8-3-1-4-9-21)22-10-5-2-6-11-22/h1,3-4,7-9,12,16,20,22,24,26H,2,5-6,10-11,13-15,17-19H2,(H,29,32). The number of Topliss-reactive ketones (excluding diaryl/α,β-unsaturated/α-hetero) is 1. The minimum Gasteiger partial charge on any atom is -0.353 e. The lowest BCUT2D eigenvalue weighted by Crippen LogP contribution is -2.47. The fourth-order valence-electron chi connectivity index (χ4n) is 5.29. The average molecular weight is 434 g/mol. The molecule has 1 amide bonds. The zero-order chi connectivity index (χ0) is 22.2. The van der Waals surface area contributed by atoms with Crippen LogP contribution in [0.4, 0.5) is 0 Å². The lowest BCUT2D eigenvalue weighted by Gasteiger charge is -2.35. The van der Waals surface area contributed by atoms with Gasteiger partial charge in [0.2, 0.25) is 5.91 Å². The maximum absolute atomic E-state index is 13.4. The molecule has 1 saturated heterocycles. The van der Waals surface area contributed by atoms with Crippen LogP contribution in [-0.4, -0.2) is 47.3 Å².